The molecule has 1 rings (SSSR count). The van der Waals surface area contributed by atoms with E-state index >= 15 is 0 Å². The van der Waals surface area contributed by atoms with Crippen molar-refractivity contribution in [2.45, 2.75) is 19.3 Å². The predicted molar refractivity (Wildman–Crippen MR) is 67.4 cm³/mol. The van der Waals surface area contributed by atoms with Crippen LogP contribution in [0.5, 0.6) is 0 Å². The lowest BCUT2D eigenvalue weighted by Gasteiger charge is -2.01. The number of hydrogen-bond acceptors (Lipinski definition) is 1. The van der Waals surface area contributed by atoms with Gasteiger partial charge in [0.15, 0.2) is 0 Å². The van der Waals surface area contributed by atoms with E-state index in [0.717, 1.165) is 12.3 Å². The van der Waals surface area contributed by atoms with Gasteiger partial charge in [-0.05, 0) is 36.3 Å². The fourth-order valence-corrected chi connectivity index (χ4v) is 2.47. The first-order valence-electron chi connectivity index (χ1n) is 5.11. The van der Waals surface area contributed by atoms with E-state index in [4.69, 9.17) is 11.6 Å². The predicted octanol–water partition coefficient (Wildman–Crippen LogP) is 3.98. The van der Waals surface area contributed by atoms with E-state index in [1.807, 2.05) is 11.8 Å². The van der Waals surface area contributed by atoms with Gasteiger partial charge in [0, 0.05) is 5.88 Å². The van der Waals surface area contributed by atoms with Crippen LogP contribution in [0, 0.1) is 0 Å². The van der Waals surface area contributed by atoms with E-state index in [0.29, 0.717) is 0 Å². The minimum Gasteiger partial charge on any atom is -0.162 e. The van der Waals surface area contributed by atoms with Crippen LogP contribution in [0.4, 0.5) is 0 Å². The minimum atomic E-state index is 0.797. The molecular weight excluding hydrogens is 212 g/mol. The molecule has 0 radical (unpaired) electrons. The summed E-state index contributed by atoms with van der Waals surface area (Å²) in [6.07, 6.45) is 3.61. The van der Waals surface area contributed by atoms with Crippen LogP contribution in [-0.4, -0.2) is 17.4 Å². The first-order valence-corrected chi connectivity index (χ1v) is 6.80. The zero-order chi connectivity index (χ0) is 10.1. The Bertz CT molecular complexity index is 223. The van der Waals surface area contributed by atoms with Crippen molar-refractivity contribution in [2.24, 2.45) is 0 Å². The molecule has 0 unspecified atom stereocenters. The van der Waals surface area contributed by atoms with Gasteiger partial charge >= 0.3 is 0 Å². The molecule has 1 aromatic rings. The average Bonchev–Trinajstić information content (AvgIpc) is 2.25. The van der Waals surface area contributed by atoms with Gasteiger partial charge in [-0.1, -0.05) is 30.3 Å². The van der Waals surface area contributed by atoms with Crippen molar-refractivity contribution in [1.82, 2.24) is 0 Å². The molecule has 0 N–H and O–H groups in total. The summed E-state index contributed by atoms with van der Waals surface area (Å²) in [7, 11) is 0. The number of thioether (sulfide) groups is 1. The van der Waals surface area contributed by atoms with E-state index < -0.39 is 0 Å². The molecule has 0 saturated carbocycles. The second-order valence-electron chi connectivity index (χ2n) is 3.24. The maximum Gasteiger partial charge on any atom is 0.0231 e. The number of rotatable bonds is 7. The molecule has 0 aliphatic carbocycles. The van der Waals surface area contributed by atoms with Gasteiger partial charge in [-0.15, -0.1) is 11.6 Å². The first-order chi connectivity index (χ1) is 6.93. The Labute approximate surface area is 96.0 Å². The third kappa shape index (κ3) is 5.56. The smallest absolute Gasteiger partial charge is 0.0231 e. The summed E-state index contributed by atoms with van der Waals surface area (Å²) < 4.78 is 0. The summed E-state index contributed by atoms with van der Waals surface area (Å²) in [4.78, 5) is 0. The lowest BCUT2D eigenvalue weighted by Crippen LogP contribution is -1.89. The van der Waals surface area contributed by atoms with Crippen molar-refractivity contribution < 1.29 is 0 Å². The van der Waals surface area contributed by atoms with Crippen LogP contribution < -0.4 is 0 Å². The summed E-state index contributed by atoms with van der Waals surface area (Å²) in [6, 6.07) is 10.7. The third-order valence-electron chi connectivity index (χ3n) is 2.02. The van der Waals surface area contributed by atoms with Crippen LogP contribution in [0.25, 0.3) is 0 Å². The highest BCUT2D eigenvalue weighted by atomic mass is 35.5. The van der Waals surface area contributed by atoms with E-state index in [1.165, 1.54) is 29.9 Å². The Morgan fingerprint density at radius 3 is 2.43 bits per heavy atom. The molecule has 0 amide bonds. The highest BCUT2D eigenvalue weighted by molar-refractivity contribution is 7.99. The molecule has 0 aliphatic heterocycles. The second kappa shape index (κ2) is 8.19. The number of hydrogen-bond donors (Lipinski definition) is 0. The molecule has 0 aromatic heterocycles. The van der Waals surface area contributed by atoms with Gasteiger partial charge in [-0.2, -0.15) is 11.8 Å². The van der Waals surface area contributed by atoms with Gasteiger partial charge < -0.3 is 0 Å². The molecule has 14 heavy (non-hydrogen) atoms. The molecule has 0 fully saturated rings. The molecule has 0 atom stereocenters. The van der Waals surface area contributed by atoms with Gasteiger partial charge in [0.1, 0.15) is 0 Å². The summed E-state index contributed by atoms with van der Waals surface area (Å²) in [5, 5.41) is 0. The monoisotopic (exact) mass is 228 g/mol. The van der Waals surface area contributed by atoms with Crippen LogP contribution in [0.2, 0.25) is 0 Å². The Hall–Kier alpha value is -0.140. The van der Waals surface area contributed by atoms with Gasteiger partial charge in [0.05, 0.1) is 0 Å². The number of alkyl halides is 1. The standard InChI is InChI=1S/C12H17ClS/c13-9-5-11-14-10-4-8-12-6-2-1-3-7-12/h1-3,6-7H,4-5,8-11H2. The third-order valence-corrected chi connectivity index (χ3v) is 3.44. The zero-order valence-electron chi connectivity index (χ0n) is 8.42. The number of aryl methyl sites for hydroxylation is 1. The molecule has 78 valence electrons. The van der Waals surface area contributed by atoms with E-state index in [9.17, 15) is 0 Å². The van der Waals surface area contributed by atoms with Crippen LogP contribution in [0.3, 0.4) is 0 Å². The van der Waals surface area contributed by atoms with Crippen LogP contribution in [0.15, 0.2) is 30.3 Å². The van der Waals surface area contributed by atoms with Gasteiger partial charge in [-0.3, -0.25) is 0 Å². The maximum atomic E-state index is 5.60. The Morgan fingerprint density at radius 2 is 1.71 bits per heavy atom. The van der Waals surface area contributed by atoms with Crippen molar-refractivity contribution in [2.75, 3.05) is 17.4 Å². The molecule has 0 aliphatic rings. The molecule has 0 nitrogen and oxygen atoms in total. The SMILES string of the molecule is ClCCCSCCCc1ccccc1. The van der Waals surface area contributed by atoms with Crippen molar-refractivity contribution in [3.05, 3.63) is 35.9 Å². The normalized spacial score (nSPS) is 10.4. The maximum absolute atomic E-state index is 5.60. The Balaban J connectivity index is 1.99. The molecule has 1 aromatic carbocycles. The quantitative estimate of drug-likeness (QED) is 0.503. The minimum absolute atomic E-state index is 0.797. The average molecular weight is 229 g/mol. The Kier molecular flexibility index (Phi) is 6.98. The molecular formula is C12H17ClS. The van der Waals surface area contributed by atoms with E-state index in [1.54, 1.807) is 0 Å². The van der Waals surface area contributed by atoms with Crippen molar-refractivity contribution in [3.63, 3.8) is 0 Å². The van der Waals surface area contributed by atoms with Gasteiger partial charge in [-0.25, -0.2) is 0 Å². The van der Waals surface area contributed by atoms with E-state index in [2.05, 4.69) is 30.3 Å². The number of halogens is 1. The van der Waals surface area contributed by atoms with Crippen molar-refractivity contribution in [3.8, 4) is 0 Å². The molecule has 0 spiro atoms. The highest BCUT2D eigenvalue weighted by Crippen LogP contribution is 2.09. The first kappa shape index (κ1) is 11.9. The summed E-state index contributed by atoms with van der Waals surface area (Å²) in [5.74, 6) is 3.26. The topological polar surface area (TPSA) is 0 Å². The second-order valence-corrected chi connectivity index (χ2v) is 4.85. The molecule has 0 bridgehead atoms. The summed E-state index contributed by atoms with van der Waals surface area (Å²) >= 11 is 7.61. The Morgan fingerprint density at radius 1 is 1.00 bits per heavy atom. The van der Waals surface area contributed by atoms with E-state index in [-0.39, 0.29) is 0 Å². The highest BCUT2D eigenvalue weighted by Gasteiger charge is 1.92. The fourth-order valence-electron chi connectivity index (χ4n) is 1.28. The lowest BCUT2D eigenvalue weighted by atomic mass is 10.1. The van der Waals surface area contributed by atoms with Crippen LogP contribution in [0.1, 0.15) is 18.4 Å². The van der Waals surface area contributed by atoms with Crippen LogP contribution >= 0.6 is 23.4 Å². The van der Waals surface area contributed by atoms with Crippen LogP contribution in [-0.2, 0) is 6.42 Å². The van der Waals surface area contributed by atoms with Gasteiger partial charge in [0.25, 0.3) is 0 Å². The van der Waals surface area contributed by atoms with Crippen molar-refractivity contribution in [1.29, 1.82) is 0 Å². The fraction of sp³-hybridized carbons (Fsp3) is 0.500. The molecule has 2 heteroatoms. The zero-order valence-corrected chi connectivity index (χ0v) is 9.99. The van der Waals surface area contributed by atoms with Gasteiger partial charge in [0.2, 0.25) is 0 Å². The molecule has 0 saturated heterocycles. The lowest BCUT2D eigenvalue weighted by molar-refractivity contribution is 0.931. The van der Waals surface area contributed by atoms with Crippen molar-refractivity contribution >= 4 is 23.4 Å². The number of benzene rings is 1. The largest absolute Gasteiger partial charge is 0.162 e. The molecule has 0 heterocycles. The summed E-state index contributed by atoms with van der Waals surface area (Å²) in [5.41, 5.74) is 1.45. The summed E-state index contributed by atoms with van der Waals surface area (Å²) in [6.45, 7) is 0.